The molecule has 1 aliphatic carbocycles. The number of carbonyl (C=O) groups excluding carboxylic acids is 1. The van der Waals surface area contributed by atoms with Gasteiger partial charge in [0.15, 0.2) is 5.79 Å². The number of alkyl carbamates (subject to hydrolysis) is 1. The molecule has 20 heavy (non-hydrogen) atoms. The van der Waals surface area contributed by atoms with E-state index in [0.717, 1.165) is 0 Å². The second kappa shape index (κ2) is 5.98. The van der Waals surface area contributed by atoms with Gasteiger partial charge in [-0.2, -0.15) is 5.26 Å². The monoisotopic (exact) mass is 284 g/mol. The van der Waals surface area contributed by atoms with E-state index < -0.39 is 23.6 Å². The van der Waals surface area contributed by atoms with Crippen LogP contribution in [0, 0.1) is 17.2 Å². The van der Waals surface area contributed by atoms with Crippen LogP contribution in [0.3, 0.4) is 0 Å². The number of nitrogens with zero attached hydrogens (tertiary/aromatic N) is 1. The maximum absolute atomic E-state index is 11.8. The van der Waals surface area contributed by atoms with Gasteiger partial charge in [0.2, 0.25) is 0 Å². The van der Waals surface area contributed by atoms with Gasteiger partial charge in [0.25, 0.3) is 0 Å². The van der Waals surface area contributed by atoms with Gasteiger partial charge in [-0.05, 0) is 47.5 Å². The lowest BCUT2D eigenvalue weighted by atomic mass is 10.1. The van der Waals surface area contributed by atoms with Crippen LogP contribution in [0.4, 0.5) is 4.79 Å². The third kappa shape index (κ3) is 5.76. The summed E-state index contributed by atoms with van der Waals surface area (Å²) in [7, 11) is 0. The first-order chi connectivity index (χ1) is 9.00. The van der Waals surface area contributed by atoms with Gasteiger partial charge in [0.1, 0.15) is 5.60 Å². The summed E-state index contributed by atoms with van der Waals surface area (Å²) >= 11 is 0. The number of nitrogens with one attached hydrogen (secondary N) is 1. The average molecular weight is 284 g/mol. The van der Waals surface area contributed by atoms with Crippen molar-refractivity contribution in [3.8, 4) is 6.07 Å². The maximum Gasteiger partial charge on any atom is 0.407 e. The molecule has 1 aliphatic rings. The van der Waals surface area contributed by atoms with Crippen LogP contribution in [0.5, 0.6) is 0 Å². The molecular formula is C14H24N2O4. The Labute approximate surface area is 120 Å². The van der Waals surface area contributed by atoms with Crippen LogP contribution in [-0.2, 0) is 9.47 Å². The Morgan fingerprint density at radius 1 is 1.30 bits per heavy atom. The Balaban J connectivity index is 2.65. The minimum atomic E-state index is -1.30. The first-order valence-electron chi connectivity index (χ1n) is 6.79. The van der Waals surface area contributed by atoms with E-state index in [2.05, 4.69) is 11.4 Å². The fraction of sp³-hybridized carbons (Fsp3) is 0.857. The standard InChI is InChI=1S/C14H24N2O4/c1-13(2,3)20-12(17)16-10-6-9(8-15)7-11(10)19-14(4,5)18/h9-11,18H,6-7H2,1-5H3,(H,16,17)/t9-,10+,11+/m0/s1. The van der Waals surface area contributed by atoms with Crippen molar-refractivity contribution in [2.75, 3.05) is 0 Å². The molecule has 6 heteroatoms. The van der Waals surface area contributed by atoms with E-state index in [1.54, 1.807) is 20.8 Å². The molecule has 6 nitrogen and oxygen atoms in total. The molecule has 1 saturated carbocycles. The highest BCUT2D eigenvalue weighted by Crippen LogP contribution is 2.30. The summed E-state index contributed by atoms with van der Waals surface area (Å²) in [5.74, 6) is -1.50. The number of hydrogen-bond donors (Lipinski definition) is 2. The smallest absolute Gasteiger partial charge is 0.407 e. The normalized spacial score (nSPS) is 26.9. The molecule has 114 valence electrons. The van der Waals surface area contributed by atoms with Gasteiger partial charge in [-0.1, -0.05) is 0 Å². The van der Waals surface area contributed by atoms with E-state index >= 15 is 0 Å². The molecule has 3 atom stereocenters. The Bertz CT molecular complexity index is 389. The molecule has 0 bridgehead atoms. The van der Waals surface area contributed by atoms with Crippen LogP contribution in [0.2, 0.25) is 0 Å². The molecule has 0 heterocycles. The molecule has 0 aromatic rings. The van der Waals surface area contributed by atoms with Crippen LogP contribution >= 0.6 is 0 Å². The average Bonchev–Trinajstić information content (AvgIpc) is 2.55. The molecule has 2 N–H and O–H groups in total. The minimum absolute atomic E-state index is 0.192. The second-order valence-corrected chi connectivity index (χ2v) is 6.65. The highest BCUT2D eigenvalue weighted by Gasteiger charge is 2.39. The Kier molecular flexibility index (Phi) is 5.00. The van der Waals surface area contributed by atoms with E-state index in [9.17, 15) is 9.90 Å². The number of nitriles is 1. The zero-order valence-corrected chi connectivity index (χ0v) is 12.8. The topological polar surface area (TPSA) is 91.6 Å². The van der Waals surface area contributed by atoms with Crippen LogP contribution in [0.1, 0.15) is 47.5 Å². The zero-order chi connectivity index (χ0) is 15.6. The predicted molar refractivity (Wildman–Crippen MR) is 72.7 cm³/mol. The number of aliphatic hydroxyl groups is 1. The van der Waals surface area contributed by atoms with E-state index in [-0.39, 0.29) is 12.0 Å². The lowest BCUT2D eigenvalue weighted by Crippen LogP contribution is -2.46. The van der Waals surface area contributed by atoms with Gasteiger partial charge in [-0.3, -0.25) is 0 Å². The van der Waals surface area contributed by atoms with Gasteiger partial charge in [0, 0.05) is 0 Å². The molecule has 0 radical (unpaired) electrons. The first kappa shape index (κ1) is 16.7. The summed E-state index contributed by atoms with van der Waals surface area (Å²) < 4.78 is 10.7. The molecule has 0 unspecified atom stereocenters. The predicted octanol–water partition coefficient (Wildman–Crippen LogP) is 1.93. The molecule has 1 rings (SSSR count). The number of carbonyl (C=O) groups is 1. The van der Waals surface area contributed by atoms with Crippen LogP contribution in [0.15, 0.2) is 0 Å². The van der Waals surface area contributed by atoms with Crippen molar-refractivity contribution in [2.24, 2.45) is 5.92 Å². The van der Waals surface area contributed by atoms with Crippen molar-refractivity contribution in [1.82, 2.24) is 5.32 Å². The number of ether oxygens (including phenoxy) is 2. The first-order valence-corrected chi connectivity index (χ1v) is 6.79. The molecule has 0 aromatic carbocycles. The van der Waals surface area contributed by atoms with Crippen molar-refractivity contribution >= 4 is 6.09 Å². The molecule has 0 aromatic heterocycles. The van der Waals surface area contributed by atoms with Crippen molar-refractivity contribution in [3.05, 3.63) is 0 Å². The quantitative estimate of drug-likeness (QED) is 0.773. The number of rotatable bonds is 3. The fourth-order valence-corrected chi connectivity index (χ4v) is 2.22. The van der Waals surface area contributed by atoms with Crippen molar-refractivity contribution in [2.45, 2.75) is 71.0 Å². The Hall–Kier alpha value is -1.32. The molecule has 1 amide bonds. The second-order valence-electron chi connectivity index (χ2n) is 6.65. The van der Waals surface area contributed by atoms with Gasteiger partial charge < -0.3 is 19.9 Å². The zero-order valence-electron chi connectivity index (χ0n) is 12.8. The summed E-state index contributed by atoms with van der Waals surface area (Å²) in [4.78, 5) is 11.8. The van der Waals surface area contributed by atoms with Gasteiger partial charge in [-0.25, -0.2) is 4.79 Å². The highest BCUT2D eigenvalue weighted by molar-refractivity contribution is 5.68. The van der Waals surface area contributed by atoms with E-state index in [1.165, 1.54) is 13.8 Å². The minimum Gasteiger partial charge on any atom is -0.444 e. The lowest BCUT2D eigenvalue weighted by Gasteiger charge is -2.29. The van der Waals surface area contributed by atoms with Crippen LogP contribution < -0.4 is 5.32 Å². The number of amides is 1. The molecule has 0 spiro atoms. The van der Waals surface area contributed by atoms with E-state index in [0.29, 0.717) is 12.8 Å². The van der Waals surface area contributed by atoms with Crippen LogP contribution in [-0.4, -0.2) is 34.7 Å². The van der Waals surface area contributed by atoms with E-state index in [1.807, 2.05) is 0 Å². The van der Waals surface area contributed by atoms with Crippen molar-refractivity contribution in [3.63, 3.8) is 0 Å². The van der Waals surface area contributed by atoms with E-state index in [4.69, 9.17) is 14.7 Å². The summed E-state index contributed by atoms with van der Waals surface area (Å²) in [6.07, 6.45) is 0.0508. The summed E-state index contributed by atoms with van der Waals surface area (Å²) in [6.45, 7) is 8.40. The molecule has 1 fully saturated rings. The number of hydrogen-bond acceptors (Lipinski definition) is 5. The third-order valence-corrected chi connectivity index (χ3v) is 2.83. The van der Waals surface area contributed by atoms with Gasteiger partial charge in [-0.15, -0.1) is 0 Å². The fourth-order valence-electron chi connectivity index (χ4n) is 2.22. The van der Waals surface area contributed by atoms with Gasteiger partial charge in [0.05, 0.1) is 24.1 Å². The highest BCUT2D eigenvalue weighted by atomic mass is 16.6. The van der Waals surface area contributed by atoms with Gasteiger partial charge >= 0.3 is 6.09 Å². The van der Waals surface area contributed by atoms with Crippen molar-refractivity contribution in [1.29, 1.82) is 5.26 Å². The van der Waals surface area contributed by atoms with Crippen molar-refractivity contribution < 1.29 is 19.4 Å². The third-order valence-electron chi connectivity index (χ3n) is 2.83. The Morgan fingerprint density at radius 3 is 2.35 bits per heavy atom. The maximum atomic E-state index is 11.8. The molecule has 0 aliphatic heterocycles. The Morgan fingerprint density at radius 2 is 1.90 bits per heavy atom. The van der Waals surface area contributed by atoms with Crippen LogP contribution in [0.25, 0.3) is 0 Å². The molecular weight excluding hydrogens is 260 g/mol. The summed E-state index contributed by atoms with van der Waals surface area (Å²) in [5.41, 5.74) is -0.579. The summed E-state index contributed by atoms with van der Waals surface area (Å²) in [6, 6.07) is 1.84. The molecule has 0 saturated heterocycles. The summed E-state index contributed by atoms with van der Waals surface area (Å²) in [5, 5.41) is 21.5. The lowest BCUT2D eigenvalue weighted by molar-refractivity contribution is -0.207. The largest absolute Gasteiger partial charge is 0.444 e. The SMILES string of the molecule is CC(C)(C)OC(=O)N[C@@H]1C[C@H](C#N)C[C@H]1OC(C)(C)O.